The van der Waals surface area contributed by atoms with Crippen LogP contribution >= 0.6 is 0 Å². The van der Waals surface area contributed by atoms with E-state index in [4.69, 9.17) is 14.7 Å². The second-order valence-electron chi connectivity index (χ2n) is 6.62. The number of aryl methyl sites for hydroxylation is 1. The molecule has 0 saturated heterocycles. The number of ether oxygens (including phenoxy) is 2. The molecule has 136 valence electrons. The highest BCUT2D eigenvalue weighted by Gasteiger charge is 2.19. The number of unbranched alkanes of at least 4 members (excludes halogenated alkanes) is 1. The monoisotopic (exact) mass is 350 g/mol. The fraction of sp³-hybridized carbons (Fsp3) is 0.409. The number of fused-ring (bicyclic) bond motifs is 1. The van der Waals surface area contributed by atoms with Crippen LogP contribution in [-0.4, -0.2) is 13.7 Å². The summed E-state index contributed by atoms with van der Waals surface area (Å²) < 4.78 is 11.2. The lowest BCUT2D eigenvalue weighted by atomic mass is 9.87. The Bertz CT molecular complexity index is 767. The molecule has 0 spiro atoms. The number of rotatable bonds is 8. The van der Waals surface area contributed by atoms with Crippen LogP contribution in [0.4, 0.5) is 0 Å². The molecule has 2 aromatic rings. The van der Waals surface area contributed by atoms with E-state index in [0.717, 1.165) is 24.5 Å². The summed E-state index contributed by atoms with van der Waals surface area (Å²) in [4.78, 5) is 0. The van der Waals surface area contributed by atoms with Gasteiger partial charge in [0.25, 0.3) is 0 Å². The normalized spacial score (nSPS) is 15.8. The first kappa shape index (κ1) is 18.3. The van der Waals surface area contributed by atoms with Crippen LogP contribution in [0.5, 0.6) is 11.5 Å². The molecule has 26 heavy (non-hydrogen) atoms. The van der Waals surface area contributed by atoms with Gasteiger partial charge in [0.2, 0.25) is 0 Å². The van der Waals surface area contributed by atoms with Crippen molar-refractivity contribution >= 4 is 0 Å². The van der Waals surface area contributed by atoms with Gasteiger partial charge in [0.15, 0.2) is 11.5 Å². The molecule has 4 heteroatoms. The molecule has 0 amide bonds. The minimum atomic E-state index is 0.405. The molecule has 0 bridgehead atoms. The maximum atomic E-state index is 8.63. The Morgan fingerprint density at radius 3 is 2.92 bits per heavy atom. The second-order valence-corrected chi connectivity index (χ2v) is 6.62. The first-order valence-corrected chi connectivity index (χ1v) is 9.29. The summed E-state index contributed by atoms with van der Waals surface area (Å²) in [5, 5.41) is 12.3. The molecule has 1 unspecified atom stereocenters. The number of methoxy groups -OCH3 is 1. The van der Waals surface area contributed by atoms with E-state index in [1.165, 1.54) is 36.0 Å². The minimum absolute atomic E-state index is 0.405. The average molecular weight is 350 g/mol. The summed E-state index contributed by atoms with van der Waals surface area (Å²) in [6, 6.07) is 17.3. The molecule has 4 nitrogen and oxygen atoms in total. The minimum Gasteiger partial charge on any atom is -0.493 e. The van der Waals surface area contributed by atoms with Gasteiger partial charge in [0, 0.05) is 19.0 Å². The number of nitrogens with one attached hydrogen (secondary N) is 1. The Morgan fingerprint density at radius 2 is 2.08 bits per heavy atom. The lowest BCUT2D eigenvalue weighted by Crippen LogP contribution is -2.24. The van der Waals surface area contributed by atoms with E-state index in [1.54, 1.807) is 7.11 Å². The highest BCUT2D eigenvalue weighted by molar-refractivity contribution is 5.43. The van der Waals surface area contributed by atoms with Crippen molar-refractivity contribution in [3.63, 3.8) is 0 Å². The molecule has 1 aliphatic carbocycles. The van der Waals surface area contributed by atoms with Gasteiger partial charge in [0.1, 0.15) is 0 Å². The van der Waals surface area contributed by atoms with E-state index >= 15 is 0 Å². The highest BCUT2D eigenvalue weighted by atomic mass is 16.5. The summed E-state index contributed by atoms with van der Waals surface area (Å²) in [5.74, 6) is 1.47. The fourth-order valence-corrected chi connectivity index (χ4v) is 3.48. The van der Waals surface area contributed by atoms with Crippen molar-refractivity contribution in [2.75, 3.05) is 13.7 Å². The Hall–Kier alpha value is -2.51. The van der Waals surface area contributed by atoms with E-state index in [-0.39, 0.29) is 0 Å². The van der Waals surface area contributed by atoms with E-state index in [9.17, 15) is 0 Å². The van der Waals surface area contributed by atoms with Crippen LogP contribution in [0.15, 0.2) is 42.5 Å². The van der Waals surface area contributed by atoms with Gasteiger partial charge in [-0.3, -0.25) is 0 Å². The predicted molar refractivity (Wildman–Crippen MR) is 102 cm³/mol. The standard InChI is InChI=1S/C22H26N2O2/c1-25-21-12-11-17(15-22(21)26-14-5-4-13-23)16-24-20-10-6-8-18-7-2-3-9-19(18)20/h2-3,7,9,11-12,15,20,24H,4-6,8,10,14,16H2,1H3. The van der Waals surface area contributed by atoms with Gasteiger partial charge in [-0.25, -0.2) is 0 Å². The number of hydrogen-bond donors (Lipinski definition) is 1. The molecular weight excluding hydrogens is 324 g/mol. The average Bonchev–Trinajstić information content (AvgIpc) is 2.69. The fourth-order valence-electron chi connectivity index (χ4n) is 3.48. The SMILES string of the molecule is COc1ccc(CNC2CCCc3ccccc32)cc1OCCCC#N. The zero-order valence-electron chi connectivity index (χ0n) is 15.3. The van der Waals surface area contributed by atoms with Crippen molar-refractivity contribution < 1.29 is 9.47 Å². The quantitative estimate of drug-likeness (QED) is 0.710. The first-order valence-electron chi connectivity index (χ1n) is 9.29. The number of nitrogens with zero attached hydrogens (tertiary/aromatic N) is 1. The van der Waals surface area contributed by atoms with Crippen molar-refractivity contribution in [2.45, 2.75) is 44.7 Å². The van der Waals surface area contributed by atoms with Gasteiger partial charge in [-0.1, -0.05) is 30.3 Å². The van der Waals surface area contributed by atoms with Crippen LogP contribution in [-0.2, 0) is 13.0 Å². The lowest BCUT2D eigenvalue weighted by molar-refractivity contribution is 0.290. The first-order chi connectivity index (χ1) is 12.8. The van der Waals surface area contributed by atoms with E-state index in [1.807, 2.05) is 12.1 Å². The Balaban J connectivity index is 1.64. The third-order valence-electron chi connectivity index (χ3n) is 4.84. The third-order valence-corrected chi connectivity index (χ3v) is 4.84. The van der Waals surface area contributed by atoms with Crippen LogP contribution < -0.4 is 14.8 Å². The molecule has 0 fully saturated rings. The van der Waals surface area contributed by atoms with Gasteiger partial charge in [-0.2, -0.15) is 5.26 Å². The van der Waals surface area contributed by atoms with Crippen LogP contribution in [0.1, 0.15) is 48.4 Å². The zero-order chi connectivity index (χ0) is 18.2. The van der Waals surface area contributed by atoms with Gasteiger partial charge in [-0.15, -0.1) is 0 Å². The molecule has 0 aliphatic heterocycles. The van der Waals surface area contributed by atoms with Gasteiger partial charge in [0.05, 0.1) is 19.8 Å². The molecule has 3 rings (SSSR count). The lowest BCUT2D eigenvalue weighted by Gasteiger charge is -2.26. The molecule has 0 heterocycles. The molecule has 0 saturated carbocycles. The largest absolute Gasteiger partial charge is 0.493 e. The number of benzene rings is 2. The predicted octanol–water partition coefficient (Wildman–Crippen LogP) is 4.54. The molecule has 2 aromatic carbocycles. The Labute approximate surface area is 155 Å². The van der Waals surface area contributed by atoms with Crippen molar-refractivity contribution in [1.82, 2.24) is 5.32 Å². The summed E-state index contributed by atoms with van der Waals surface area (Å²) in [7, 11) is 1.65. The number of nitriles is 1. The zero-order valence-corrected chi connectivity index (χ0v) is 15.3. The third kappa shape index (κ3) is 4.56. The van der Waals surface area contributed by atoms with Crippen molar-refractivity contribution in [3.05, 3.63) is 59.2 Å². The number of hydrogen-bond acceptors (Lipinski definition) is 4. The summed E-state index contributed by atoms with van der Waals surface area (Å²) in [6.45, 7) is 1.31. The molecule has 0 aromatic heterocycles. The molecule has 0 radical (unpaired) electrons. The van der Waals surface area contributed by atoms with E-state index < -0.39 is 0 Å². The van der Waals surface area contributed by atoms with E-state index in [2.05, 4.69) is 41.7 Å². The maximum Gasteiger partial charge on any atom is 0.161 e. The van der Waals surface area contributed by atoms with E-state index in [0.29, 0.717) is 19.1 Å². The topological polar surface area (TPSA) is 54.3 Å². The Morgan fingerprint density at radius 1 is 1.19 bits per heavy atom. The van der Waals surface area contributed by atoms with Crippen LogP contribution in [0.25, 0.3) is 0 Å². The van der Waals surface area contributed by atoms with Crippen LogP contribution in [0, 0.1) is 11.3 Å². The van der Waals surface area contributed by atoms with Crippen LogP contribution in [0.2, 0.25) is 0 Å². The summed E-state index contributed by atoms with van der Waals surface area (Å²) in [6.07, 6.45) is 4.80. The molecule has 1 atom stereocenters. The highest BCUT2D eigenvalue weighted by Crippen LogP contribution is 2.31. The van der Waals surface area contributed by atoms with Crippen molar-refractivity contribution in [2.24, 2.45) is 0 Å². The molecular formula is C22H26N2O2. The molecule has 1 aliphatic rings. The van der Waals surface area contributed by atoms with Gasteiger partial charge in [-0.05, 0) is 54.5 Å². The van der Waals surface area contributed by atoms with Crippen molar-refractivity contribution in [3.8, 4) is 17.6 Å². The Kier molecular flexibility index (Phi) is 6.51. The van der Waals surface area contributed by atoms with Gasteiger partial charge >= 0.3 is 0 Å². The summed E-state index contributed by atoms with van der Waals surface area (Å²) in [5.41, 5.74) is 4.07. The van der Waals surface area contributed by atoms with Crippen molar-refractivity contribution in [1.29, 1.82) is 5.26 Å². The smallest absolute Gasteiger partial charge is 0.161 e. The second kappa shape index (κ2) is 9.26. The summed E-state index contributed by atoms with van der Waals surface area (Å²) >= 11 is 0. The molecule has 1 N–H and O–H groups in total. The van der Waals surface area contributed by atoms with Crippen LogP contribution in [0.3, 0.4) is 0 Å². The maximum absolute atomic E-state index is 8.63. The van der Waals surface area contributed by atoms with Gasteiger partial charge < -0.3 is 14.8 Å².